The zero-order valence-corrected chi connectivity index (χ0v) is 11.3. The molecule has 1 heterocycles. The molecule has 0 aromatic heterocycles. The third kappa shape index (κ3) is 2.54. The minimum Gasteiger partial charge on any atom is -0.481 e. The van der Waals surface area contributed by atoms with E-state index in [-0.39, 0.29) is 18.7 Å². The Balaban J connectivity index is 1.93. The first-order chi connectivity index (χ1) is 10.3. The predicted octanol–water partition coefficient (Wildman–Crippen LogP) is 2.55. The maximum Gasteiger partial charge on any atom is 0.255 e. The molecule has 3 rings (SSSR count). The molecule has 2 aromatic rings. The Morgan fingerprint density at radius 1 is 1.10 bits per heavy atom. The number of amides is 1. The minimum atomic E-state index is -0.346. The van der Waals surface area contributed by atoms with Crippen LogP contribution in [0.15, 0.2) is 48.5 Å². The van der Waals surface area contributed by atoms with Gasteiger partial charge in [0, 0.05) is 11.3 Å². The van der Waals surface area contributed by atoms with E-state index in [1.807, 2.05) is 42.5 Å². The maximum absolute atomic E-state index is 12.2. The van der Waals surface area contributed by atoms with E-state index >= 15 is 0 Å². The number of benzene rings is 2. The van der Waals surface area contributed by atoms with E-state index in [9.17, 15) is 4.79 Å². The fourth-order valence-electron chi connectivity index (χ4n) is 2.33. The molecule has 0 saturated carbocycles. The molecule has 21 heavy (non-hydrogen) atoms. The number of terminal acetylenes is 1. The van der Waals surface area contributed by atoms with Crippen LogP contribution in [-0.2, 0) is 0 Å². The van der Waals surface area contributed by atoms with Gasteiger partial charge in [0.05, 0.1) is 5.56 Å². The van der Waals surface area contributed by atoms with Crippen molar-refractivity contribution in [2.24, 2.45) is 0 Å². The molecule has 4 nitrogen and oxygen atoms in total. The normalized spacial score (nSPS) is 16.1. The van der Waals surface area contributed by atoms with Crippen molar-refractivity contribution in [1.82, 2.24) is 5.32 Å². The molecule has 2 N–H and O–H groups in total. The molecule has 0 fully saturated rings. The lowest BCUT2D eigenvalue weighted by atomic mass is 10.1. The molecule has 1 atom stereocenters. The molecule has 2 aromatic carbocycles. The zero-order chi connectivity index (χ0) is 14.7. The van der Waals surface area contributed by atoms with Gasteiger partial charge in [0.15, 0.2) is 0 Å². The Bertz CT molecular complexity index is 719. The molecule has 104 valence electrons. The maximum atomic E-state index is 12.2. The molecule has 1 aliphatic heterocycles. The highest BCUT2D eigenvalue weighted by molar-refractivity contribution is 6.01. The summed E-state index contributed by atoms with van der Waals surface area (Å²) in [5.74, 6) is 2.99. The summed E-state index contributed by atoms with van der Waals surface area (Å²) in [6, 6.07) is 14.9. The number of hydrogen-bond acceptors (Lipinski definition) is 3. The minimum absolute atomic E-state index is 0.110. The van der Waals surface area contributed by atoms with Crippen LogP contribution in [0.25, 0.3) is 0 Å². The largest absolute Gasteiger partial charge is 0.481 e. The lowest BCUT2D eigenvalue weighted by Crippen LogP contribution is -2.38. The van der Waals surface area contributed by atoms with Gasteiger partial charge in [-0.1, -0.05) is 36.3 Å². The Morgan fingerprint density at radius 2 is 1.86 bits per heavy atom. The summed E-state index contributed by atoms with van der Waals surface area (Å²) < 4.78 is 5.54. The summed E-state index contributed by atoms with van der Waals surface area (Å²) in [6.07, 6.45) is 4.88. The van der Waals surface area contributed by atoms with E-state index in [0.29, 0.717) is 11.3 Å². The Labute approximate surface area is 123 Å². The van der Waals surface area contributed by atoms with Crippen molar-refractivity contribution in [3.63, 3.8) is 0 Å². The first-order valence-corrected chi connectivity index (χ1v) is 6.61. The van der Waals surface area contributed by atoms with Gasteiger partial charge in [0.2, 0.25) is 0 Å². The van der Waals surface area contributed by atoms with Crippen molar-refractivity contribution in [3.05, 3.63) is 59.7 Å². The number of fused-ring (bicyclic) bond motifs is 1. The van der Waals surface area contributed by atoms with Gasteiger partial charge in [-0.2, -0.15) is 0 Å². The molecule has 0 bridgehead atoms. The van der Waals surface area contributed by atoms with Gasteiger partial charge in [0.1, 0.15) is 18.5 Å². The second kappa shape index (κ2) is 5.59. The van der Waals surface area contributed by atoms with Crippen LogP contribution >= 0.6 is 0 Å². The van der Waals surface area contributed by atoms with Crippen LogP contribution < -0.4 is 15.4 Å². The van der Waals surface area contributed by atoms with E-state index in [2.05, 4.69) is 16.6 Å². The lowest BCUT2D eigenvalue weighted by Gasteiger charge is -2.29. The summed E-state index contributed by atoms with van der Waals surface area (Å²) in [7, 11) is 0. The predicted molar refractivity (Wildman–Crippen MR) is 81.0 cm³/mol. The van der Waals surface area contributed by atoms with E-state index in [0.717, 1.165) is 11.3 Å². The van der Waals surface area contributed by atoms with Gasteiger partial charge in [0.25, 0.3) is 5.91 Å². The molecule has 0 radical (unpaired) electrons. The summed E-state index contributed by atoms with van der Waals surface area (Å²) in [5.41, 5.74) is 2.28. The number of ether oxygens (including phenoxy) is 1. The van der Waals surface area contributed by atoms with E-state index < -0.39 is 0 Å². The second-order valence-corrected chi connectivity index (χ2v) is 4.63. The highest BCUT2D eigenvalue weighted by Gasteiger charge is 2.25. The molecular weight excluding hydrogens is 264 g/mol. The summed E-state index contributed by atoms with van der Waals surface area (Å²) in [5, 5.41) is 6.22. The molecule has 4 heteroatoms. The van der Waals surface area contributed by atoms with Gasteiger partial charge in [-0.25, -0.2) is 0 Å². The quantitative estimate of drug-likeness (QED) is 0.848. The van der Waals surface area contributed by atoms with Crippen molar-refractivity contribution >= 4 is 11.6 Å². The number of rotatable bonds is 3. The molecule has 0 spiro atoms. The number of carbonyl (C=O) groups is 1. The van der Waals surface area contributed by atoms with Crippen molar-refractivity contribution in [3.8, 4) is 18.1 Å². The van der Waals surface area contributed by atoms with Crippen molar-refractivity contribution < 1.29 is 9.53 Å². The highest BCUT2D eigenvalue weighted by atomic mass is 16.5. The van der Waals surface area contributed by atoms with Crippen LogP contribution in [0.4, 0.5) is 5.69 Å². The van der Waals surface area contributed by atoms with Crippen molar-refractivity contribution in [1.29, 1.82) is 0 Å². The van der Waals surface area contributed by atoms with Crippen LogP contribution in [0.1, 0.15) is 22.1 Å². The number of nitrogens with one attached hydrogen (secondary N) is 2. The molecule has 0 saturated heterocycles. The number of hydrogen-bond donors (Lipinski definition) is 2. The van der Waals surface area contributed by atoms with Gasteiger partial charge < -0.3 is 15.4 Å². The Morgan fingerprint density at radius 3 is 2.71 bits per heavy atom. The third-order valence-corrected chi connectivity index (χ3v) is 3.29. The zero-order valence-electron chi connectivity index (χ0n) is 11.3. The second-order valence-electron chi connectivity index (χ2n) is 4.63. The standard InChI is InChI=1S/C17H14N2O2/c1-2-11-21-15-10-6-4-8-13(15)16-18-14-9-5-3-7-12(14)17(20)19-16/h1,3-10,16,18H,11H2,(H,19,20). The number of para-hydroxylation sites is 2. The van der Waals surface area contributed by atoms with Crippen LogP contribution in [0, 0.1) is 12.3 Å². The molecule has 1 unspecified atom stereocenters. The summed E-state index contributed by atoms with van der Waals surface area (Å²) >= 11 is 0. The van der Waals surface area contributed by atoms with Gasteiger partial charge >= 0.3 is 0 Å². The van der Waals surface area contributed by atoms with Crippen LogP contribution in [0.3, 0.4) is 0 Å². The van der Waals surface area contributed by atoms with Gasteiger partial charge in [-0.15, -0.1) is 6.42 Å². The smallest absolute Gasteiger partial charge is 0.255 e. The van der Waals surface area contributed by atoms with E-state index in [1.54, 1.807) is 6.07 Å². The molecule has 1 aliphatic rings. The van der Waals surface area contributed by atoms with Gasteiger partial charge in [-0.05, 0) is 18.2 Å². The van der Waals surface area contributed by atoms with E-state index in [1.165, 1.54) is 0 Å². The van der Waals surface area contributed by atoms with Crippen molar-refractivity contribution in [2.75, 3.05) is 11.9 Å². The SMILES string of the molecule is C#CCOc1ccccc1C1NC(=O)c2ccccc2N1. The number of anilines is 1. The van der Waals surface area contributed by atoms with Crippen LogP contribution in [0.5, 0.6) is 5.75 Å². The van der Waals surface area contributed by atoms with Gasteiger partial charge in [-0.3, -0.25) is 4.79 Å². The van der Waals surface area contributed by atoms with Crippen molar-refractivity contribution in [2.45, 2.75) is 6.17 Å². The van der Waals surface area contributed by atoms with E-state index in [4.69, 9.17) is 11.2 Å². The average molecular weight is 278 g/mol. The topological polar surface area (TPSA) is 50.4 Å². The summed E-state index contributed by atoms with van der Waals surface area (Å²) in [4.78, 5) is 12.2. The Kier molecular flexibility index (Phi) is 3.48. The highest BCUT2D eigenvalue weighted by Crippen LogP contribution is 2.30. The number of carbonyl (C=O) groups excluding carboxylic acids is 1. The lowest BCUT2D eigenvalue weighted by molar-refractivity contribution is 0.0935. The average Bonchev–Trinajstić information content (AvgIpc) is 2.53. The molecule has 0 aliphatic carbocycles. The summed E-state index contributed by atoms with van der Waals surface area (Å²) in [6.45, 7) is 0.189. The fourth-order valence-corrected chi connectivity index (χ4v) is 2.33. The fraction of sp³-hybridized carbons (Fsp3) is 0.118. The monoisotopic (exact) mass is 278 g/mol. The van der Waals surface area contributed by atoms with Crippen LogP contribution in [0.2, 0.25) is 0 Å². The molecular formula is C17H14N2O2. The molecule has 1 amide bonds. The Hall–Kier alpha value is -2.93. The first-order valence-electron chi connectivity index (χ1n) is 6.61. The van der Waals surface area contributed by atoms with Crippen LogP contribution in [-0.4, -0.2) is 12.5 Å². The first kappa shape index (κ1) is 13.1. The third-order valence-electron chi connectivity index (χ3n) is 3.29.